The van der Waals surface area contributed by atoms with Crippen molar-refractivity contribution in [2.75, 3.05) is 40.8 Å². The number of carbonyl (C=O) groups is 1. The monoisotopic (exact) mass is 385 g/mol. The number of aliphatic imine (C=N–C) groups is 1. The molecule has 0 spiro atoms. The summed E-state index contributed by atoms with van der Waals surface area (Å²) in [6, 6.07) is 0. The number of aliphatic carboxylic acids is 1. The van der Waals surface area contributed by atoms with Gasteiger partial charge in [0.15, 0.2) is 0 Å². The maximum Gasteiger partial charge on any atom is 0.135 e. The predicted molar refractivity (Wildman–Crippen MR) is 110 cm³/mol. The van der Waals surface area contributed by atoms with Gasteiger partial charge in [0.05, 0.1) is 40.0 Å². The Morgan fingerprint density at radius 1 is 1.11 bits per heavy atom. The number of unbranched alkanes of at least 4 members (excludes halogenated alkanes) is 8. The van der Waals surface area contributed by atoms with Gasteiger partial charge in [0.1, 0.15) is 12.3 Å². The fourth-order valence-corrected chi connectivity index (χ4v) is 3.05. The minimum Gasteiger partial charge on any atom is -0.544 e. The van der Waals surface area contributed by atoms with Crippen LogP contribution in [-0.4, -0.2) is 73.3 Å². The van der Waals surface area contributed by atoms with Gasteiger partial charge in [0.2, 0.25) is 0 Å². The average Bonchev–Trinajstić information content (AvgIpc) is 3.07. The zero-order valence-corrected chi connectivity index (χ0v) is 18.4. The summed E-state index contributed by atoms with van der Waals surface area (Å²) in [7, 11) is 5.40. The number of aliphatic hydroxyl groups is 1. The summed E-state index contributed by atoms with van der Waals surface area (Å²) in [6.07, 6.45) is 14.6. The van der Waals surface area contributed by atoms with Gasteiger partial charge in [-0.25, -0.2) is 0 Å². The van der Waals surface area contributed by atoms with Crippen molar-refractivity contribution in [2.45, 2.75) is 83.8 Å². The lowest BCUT2D eigenvalue weighted by molar-refractivity contribution is -0.864. The van der Waals surface area contributed by atoms with Crippen LogP contribution >= 0.6 is 0 Å². The number of hydrogen-bond donors (Lipinski definition) is 1. The third kappa shape index (κ3) is 15.6. The van der Waals surface area contributed by atoms with Gasteiger partial charge in [-0.15, -0.1) is 0 Å². The zero-order chi connectivity index (χ0) is 20.8. The lowest BCUT2D eigenvalue weighted by Gasteiger charge is -2.33. The van der Waals surface area contributed by atoms with Crippen LogP contribution in [0.5, 0.6) is 0 Å². The van der Waals surface area contributed by atoms with Crippen molar-refractivity contribution >= 4 is 12.3 Å². The standard InChI is InChI=1S/C16H32N2O.C5H11NO2/c1-3-4-5-6-7-8-9-10-11-12-16(2,19)18-14-13-17-15-18;1-6(2,3)4-5(7)8/h15,19H,3-14H2,1-2H3;4H2,1-3H3. The van der Waals surface area contributed by atoms with E-state index in [1.165, 1.54) is 51.4 Å². The van der Waals surface area contributed by atoms with Gasteiger partial charge in [-0.1, -0.05) is 58.3 Å². The topological polar surface area (TPSA) is 76.0 Å². The van der Waals surface area contributed by atoms with Crippen molar-refractivity contribution in [2.24, 2.45) is 4.99 Å². The van der Waals surface area contributed by atoms with Gasteiger partial charge >= 0.3 is 0 Å². The fraction of sp³-hybridized carbons (Fsp3) is 0.905. The van der Waals surface area contributed by atoms with E-state index in [1.54, 1.807) is 27.5 Å². The highest BCUT2D eigenvalue weighted by Crippen LogP contribution is 2.20. The first-order valence-electron chi connectivity index (χ1n) is 10.6. The van der Waals surface area contributed by atoms with Crippen molar-refractivity contribution in [3.05, 3.63) is 0 Å². The first-order chi connectivity index (χ1) is 12.6. The normalized spacial score (nSPS) is 16.0. The maximum absolute atomic E-state index is 10.3. The molecule has 1 heterocycles. The molecule has 27 heavy (non-hydrogen) atoms. The highest BCUT2D eigenvalue weighted by Gasteiger charge is 2.27. The van der Waals surface area contributed by atoms with E-state index in [0.29, 0.717) is 4.48 Å². The number of hydrogen-bond acceptors (Lipinski definition) is 5. The summed E-state index contributed by atoms with van der Waals surface area (Å²) in [4.78, 5) is 16.0. The van der Waals surface area contributed by atoms with Crippen molar-refractivity contribution in [3.8, 4) is 0 Å². The van der Waals surface area contributed by atoms with Crippen LogP contribution in [0.1, 0.15) is 78.1 Å². The van der Waals surface area contributed by atoms with E-state index < -0.39 is 11.7 Å². The summed E-state index contributed by atoms with van der Waals surface area (Å²) in [5, 5.41) is 20.2. The third-order valence-corrected chi connectivity index (χ3v) is 4.67. The van der Waals surface area contributed by atoms with Crippen molar-refractivity contribution in [3.63, 3.8) is 0 Å². The van der Waals surface area contributed by atoms with E-state index in [0.717, 1.165) is 25.9 Å². The summed E-state index contributed by atoms with van der Waals surface area (Å²) in [5.74, 6) is -1.00. The molecule has 1 aliphatic heterocycles. The highest BCUT2D eigenvalue weighted by molar-refractivity contribution is 5.65. The molecule has 0 fully saturated rings. The van der Waals surface area contributed by atoms with E-state index in [4.69, 9.17) is 0 Å². The van der Waals surface area contributed by atoms with Crippen LogP contribution in [0, 0.1) is 0 Å². The van der Waals surface area contributed by atoms with Crippen LogP contribution in [0.25, 0.3) is 0 Å². The Hall–Kier alpha value is -1.14. The molecule has 6 heteroatoms. The molecule has 0 aromatic heterocycles. The smallest absolute Gasteiger partial charge is 0.135 e. The molecular weight excluding hydrogens is 342 g/mol. The number of likely N-dealkylation sites (N-methyl/N-ethyl adjacent to an activating group) is 1. The molecule has 0 saturated heterocycles. The SMILES string of the molecule is CCCCCCCCCCCC(C)(O)N1C=NCC1.C[N+](C)(C)CC(=O)[O-]. The summed E-state index contributed by atoms with van der Waals surface area (Å²) < 4.78 is 0.419. The minimum absolute atomic E-state index is 0.0694. The summed E-state index contributed by atoms with van der Waals surface area (Å²) in [6.45, 7) is 5.93. The molecule has 160 valence electrons. The Kier molecular flexibility index (Phi) is 13.4. The molecule has 1 atom stereocenters. The Morgan fingerprint density at radius 2 is 1.63 bits per heavy atom. The van der Waals surface area contributed by atoms with Gasteiger partial charge in [-0.2, -0.15) is 0 Å². The molecule has 0 aliphatic carbocycles. The number of carboxylic acid groups (broad SMARTS) is 1. The molecule has 0 amide bonds. The molecule has 1 N–H and O–H groups in total. The molecular formula is C21H43N3O3. The van der Waals surface area contributed by atoms with Crippen molar-refractivity contribution in [1.82, 2.24) is 4.90 Å². The molecule has 0 bridgehead atoms. The van der Waals surface area contributed by atoms with Gasteiger partial charge in [0, 0.05) is 6.54 Å². The van der Waals surface area contributed by atoms with Crippen LogP contribution < -0.4 is 5.11 Å². The molecule has 0 aromatic rings. The quantitative estimate of drug-likeness (QED) is 0.390. The van der Waals surface area contributed by atoms with Crippen molar-refractivity contribution < 1.29 is 19.5 Å². The Balaban J connectivity index is 0.000000713. The van der Waals surface area contributed by atoms with E-state index in [2.05, 4.69) is 11.9 Å². The fourth-order valence-electron chi connectivity index (χ4n) is 3.05. The average molecular weight is 386 g/mol. The molecule has 0 aromatic carbocycles. The Bertz CT molecular complexity index is 417. The van der Waals surface area contributed by atoms with Crippen molar-refractivity contribution in [1.29, 1.82) is 0 Å². The molecule has 0 radical (unpaired) electrons. The molecule has 0 saturated carbocycles. The molecule has 1 aliphatic rings. The van der Waals surface area contributed by atoms with Gasteiger partial charge in [-0.05, 0) is 19.8 Å². The Labute approximate surface area is 166 Å². The first-order valence-corrected chi connectivity index (χ1v) is 10.6. The second-order valence-corrected chi connectivity index (χ2v) is 8.83. The van der Waals surface area contributed by atoms with Gasteiger partial charge in [-0.3, -0.25) is 4.99 Å². The van der Waals surface area contributed by atoms with Crippen LogP contribution in [0.15, 0.2) is 4.99 Å². The van der Waals surface area contributed by atoms with E-state index in [9.17, 15) is 15.0 Å². The number of carbonyl (C=O) groups excluding carboxylic acids is 1. The molecule has 1 unspecified atom stereocenters. The molecule has 1 rings (SSSR count). The minimum atomic E-state index is -1.00. The lowest BCUT2D eigenvalue weighted by Crippen LogP contribution is -2.45. The lowest BCUT2D eigenvalue weighted by atomic mass is 10.0. The zero-order valence-electron chi connectivity index (χ0n) is 18.4. The second kappa shape index (κ2) is 13.9. The van der Waals surface area contributed by atoms with Crippen LogP contribution in [0.2, 0.25) is 0 Å². The summed E-state index contributed by atoms with van der Waals surface area (Å²) >= 11 is 0. The predicted octanol–water partition coefficient (Wildman–Crippen LogP) is 2.40. The van der Waals surface area contributed by atoms with Crippen LogP contribution in [0.4, 0.5) is 0 Å². The van der Waals surface area contributed by atoms with Crippen LogP contribution in [-0.2, 0) is 4.79 Å². The number of carboxylic acids is 1. The Morgan fingerprint density at radius 3 is 2.00 bits per heavy atom. The summed E-state index contributed by atoms with van der Waals surface area (Å²) in [5.41, 5.74) is -0.693. The van der Waals surface area contributed by atoms with Crippen LogP contribution in [0.3, 0.4) is 0 Å². The van der Waals surface area contributed by atoms with E-state index >= 15 is 0 Å². The first kappa shape index (κ1) is 25.9. The third-order valence-electron chi connectivity index (χ3n) is 4.67. The number of quaternary nitrogens is 1. The van der Waals surface area contributed by atoms with Gasteiger partial charge in [0.25, 0.3) is 0 Å². The number of rotatable bonds is 13. The second-order valence-electron chi connectivity index (χ2n) is 8.83. The van der Waals surface area contributed by atoms with E-state index in [1.807, 2.05) is 11.8 Å². The van der Waals surface area contributed by atoms with Gasteiger partial charge < -0.3 is 24.4 Å². The molecule has 6 nitrogen and oxygen atoms in total. The van der Waals surface area contributed by atoms with E-state index in [-0.39, 0.29) is 6.54 Å². The largest absolute Gasteiger partial charge is 0.544 e. The highest BCUT2D eigenvalue weighted by atomic mass is 16.4. The maximum atomic E-state index is 10.3. The number of nitrogens with zero attached hydrogens (tertiary/aromatic N) is 3.